The summed E-state index contributed by atoms with van der Waals surface area (Å²) in [5, 5.41) is 4.91. The van der Waals surface area contributed by atoms with Gasteiger partial charge in [0.25, 0.3) is 0 Å². The molecule has 0 atom stereocenters. The van der Waals surface area contributed by atoms with E-state index >= 15 is 0 Å². The summed E-state index contributed by atoms with van der Waals surface area (Å²) in [7, 11) is 2.08. The van der Waals surface area contributed by atoms with Gasteiger partial charge in [0.15, 0.2) is 0 Å². The molecule has 2 rings (SSSR count). The Kier molecular flexibility index (Phi) is 5.72. The molecule has 0 amide bonds. The highest BCUT2D eigenvalue weighted by Gasteiger charge is 2.04. The second kappa shape index (κ2) is 7.53. The van der Waals surface area contributed by atoms with Gasteiger partial charge in [-0.05, 0) is 30.8 Å². The maximum Gasteiger partial charge on any atom is 0.0637 e. The van der Waals surface area contributed by atoms with E-state index in [4.69, 9.17) is 23.2 Å². The zero-order valence-corrected chi connectivity index (χ0v) is 13.0. The van der Waals surface area contributed by atoms with Gasteiger partial charge in [-0.25, -0.2) is 0 Å². The van der Waals surface area contributed by atoms with E-state index < -0.39 is 0 Å². The van der Waals surface area contributed by atoms with Gasteiger partial charge < -0.3 is 10.2 Å². The van der Waals surface area contributed by atoms with Crippen molar-refractivity contribution in [3.8, 4) is 0 Å². The van der Waals surface area contributed by atoms with Gasteiger partial charge >= 0.3 is 0 Å². The third-order valence-corrected chi connectivity index (χ3v) is 3.78. The summed E-state index contributed by atoms with van der Waals surface area (Å²) in [6.07, 6.45) is 0. The molecular formula is C16H18Cl2N2. The predicted molar refractivity (Wildman–Crippen MR) is 87.7 cm³/mol. The molecule has 0 aliphatic carbocycles. The zero-order valence-electron chi connectivity index (χ0n) is 11.4. The topological polar surface area (TPSA) is 15.3 Å². The Morgan fingerprint density at radius 1 is 0.950 bits per heavy atom. The van der Waals surface area contributed by atoms with Crippen LogP contribution in [-0.2, 0) is 6.54 Å². The van der Waals surface area contributed by atoms with Gasteiger partial charge in [0.05, 0.1) is 10.7 Å². The Labute approximate surface area is 130 Å². The molecule has 0 aliphatic rings. The largest absolute Gasteiger partial charge is 0.383 e. The van der Waals surface area contributed by atoms with Crippen LogP contribution in [0.4, 0.5) is 5.69 Å². The lowest BCUT2D eigenvalue weighted by Gasteiger charge is -2.18. The van der Waals surface area contributed by atoms with Crippen molar-refractivity contribution in [3.05, 3.63) is 64.1 Å². The molecule has 0 fully saturated rings. The van der Waals surface area contributed by atoms with Crippen LogP contribution in [0, 0.1) is 0 Å². The summed E-state index contributed by atoms with van der Waals surface area (Å²) >= 11 is 12.3. The van der Waals surface area contributed by atoms with E-state index in [1.807, 2.05) is 42.5 Å². The highest BCUT2D eigenvalue weighted by molar-refractivity contribution is 6.33. The third kappa shape index (κ3) is 4.41. The van der Waals surface area contributed by atoms with Crippen molar-refractivity contribution in [1.82, 2.24) is 4.90 Å². The highest BCUT2D eigenvalue weighted by atomic mass is 35.5. The van der Waals surface area contributed by atoms with Gasteiger partial charge in [0, 0.05) is 24.7 Å². The lowest BCUT2D eigenvalue weighted by Crippen LogP contribution is -2.25. The molecule has 0 saturated carbocycles. The minimum absolute atomic E-state index is 0.751. The minimum atomic E-state index is 0.751. The molecule has 0 radical (unpaired) electrons. The van der Waals surface area contributed by atoms with Gasteiger partial charge in [-0.1, -0.05) is 53.5 Å². The number of nitrogens with one attached hydrogen (secondary N) is 1. The summed E-state index contributed by atoms with van der Waals surface area (Å²) in [4.78, 5) is 2.23. The summed E-state index contributed by atoms with van der Waals surface area (Å²) in [5.41, 5.74) is 2.12. The van der Waals surface area contributed by atoms with Crippen molar-refractivity contribution in [2.75, 3.05) is 25.5 Å². The molecule has 0 aliphatic heterocycles. The first-order chi connectivity index (χ1) is 9.66. The summed E-state index contributed by atoms with van der Waals surface area (Å²) in [6.45, 7) is 2.59. The smallest absolute Gasteiger partial charge is 0.0637 e. The standard InChI is InChI=1S/C16H18Cl2N2/c1-20(12-13-6-2-3-7-14(13)17)11-10-19-16-9-5-4-8-15(16)18/h2-9,19H,10-12H2,1H3. The van der Waals surface area contributed by atoms with E-state index in [0.717, 1.165) is 40.9 Å². The van der Waals surface area contributed by atoms with Crippen molar-refractivity contribution < 1.29 is 0 Å². The van der Waals surface area contributed by atoms with Crippen molar-refractivity contribution in [1.29, 1.82) is 0 Å². The van der Waals surface area contributed by atoms with Crippen LogP contribution in [0.25, 0.3) is 0 Å². The number of hydrogen-bond acceptors (Lipinski definition) is 2. The Balaban J connectivity index is 1.80. The maximum absolute atomic E-state index is 6.16. The molecule has 2 nitrogen and oxygen atoms in total. The summed E-state index contributed by atoms with van der Waals surface area (Å²) < 4.78 is 0. The van der Waals surface area contributed by atoms with Crippen LogP contribution in [0.3, 0.4) is 0 Å². The molecule has 2 aromatic carbocycles. The average molecular weight is 309 g/mol. The van der Waals surface area contributed by atoms with E-state index in [-0.39, 0.29) is 0 Å². The monoisotopic (exact) mass is 308 g/mol. The van der Waals surface area contributed by atoms with Crippen molar-refractivity contribution >= 4 is 28.9 Å². The van der Waals surface area contributed by atoms with Crippen LogP contribution < -0.4 is 5.32 Å². The lowest BCUT2D eigenvalue weighted by atomic mass is 10.2. The first-order valence-electron chi connectivity index (χ1n) is 6.57. The van der Waals surface area contributed by atoms with E-state index in [1.54, 1.807) is 0 Å². The predicted octanol–water partition coefficient (Wildman–Crippen LogP) is 4.54. The second-order valence-electron chi connectivity index (χ2n) is 4.74. The number of para-hydroxylation sites is 1. The number of halogens is 2. The third-order valence-electron chi connectivity index (χ3n) is 3.08. The number of hydrogen-bond donors (Lipinski definition) is 1. The van der Waals surface area contributed by atoms with Crippen molar-refractivity contribution in [2.24, 2.45) is 0 Å². The lowest BCUT2D eigenvalue weighted by molar-refractivity contribution is 0.340. The van der Waals surface area contributed by atoms with Crippen LogP contribution in [0.1, 0.15) is 5.56 Å². The van der Waals surface area contributed by atoms with E-state index in [2.05, 4.69) is 23.3 Å². The van der Waals surface area contributed by atoms with Crippen molar-refractivity contribution in [3.63, 3.8) is 0 Å². The molecular weight excluding hydrogens is 291 g/mol. The molecule has 0 bridgehead atoms. The van der Waals surface area contributed by atoms with Crippen LogP contribution in [0.15, 0.2) is 48.5 Å². The van der Waals surface area contributed by atoms with E-state index in [0.29, 0.717) is 0 Å². The van der Waals surface area contributed by atoms with Crippen LogP contribution in [0.2, 0.25) is 10.0 Å². The normalized spacial score (nSPS) is 10.8. The van der Waals surface area contributed by atoms with Gasteiger partial charge in [-0.15, -0.1) is 0 Å². The highest BCUT2D eigenvalue weighted by Crippen LogP contribution is 2.20. The van der Waals surface area contributed by atoms with Crippen LogP contribution >= 0.6 is 23.2 Å². The Morgan fingerprint density at radius 2 is 1.60 bits per heavy atom. The van der Waals surface area contributed by atoms with Gasteiger partial charge in [-0.2, -0.15) is 0 Å². The average Bonchev–Trinajstić information content (AvgIpc) is 2.43. The molecule has 20 heavy (non-hydrogen) atoms. The number of likely N-dealkylation sites (N-methyl/N-ethyl adjacent to an activating group) is 1. The molecule has 0 saturated heterocycles. The molecule has 4 heteroatoms. The number of rotatable bonds is 6. The molecule has 0 spiro atoms. The first-order valence-corrected chi connectivity index (χ1v) is 7.33. The molecule has 0 aromatic heterocycles. The summed E-state index contributed by atoms with van der Waals surface area (Å²) in [5.74, 6) is 0. The fourth-order valence-corrected chi connectivity index (χ4v) is 2.38. The zero-order chi connectivity index (χ0) is 14.4. The molecule has 0 unspecified atom stereocenters. The SMILES string of the molecule is CN(CCNc1ccccc1Cl)Cc1ccccc1Cl. The number of anilines is 1. The first kappa shape index (κ1) is 15.2. The van der Waals surface area contributed by atoms with Gasteiger partial charge in [-0.3, -0.25) is 0 Å². The Bertz CT molecular complexity index is 558. The molecule has 2 aromatic rings. The molecule has 106 valence electrons. The Morgan fingerprint density at radius 3 is 2.30 bits per heavy atom. The van der Waals surface area contributed by atoms with Crippen molar-refractivity contribution in [2.45, 2.75) is 6.54 Å². The van der Waals surface area contributed by atoms with Crippen LogP contribution in [-0.4, -0.2) is 25.0 Å². The second-order valence-corrected chi connectivity index (χ2v) is 5.55. The van der Waals surface area contributed by atoms with E-state index in [9.17, 15) is 0 Å². The quantitative estimate of drug-likeness (QED) is 0.843. The summed E-state index contributed by atoms with van der Waals surface area (Å²) in [6, 6.07) is 15.7. The van der Waals surface area contributed by atoms with E-state index in [1.165, 1.54) is 0 Å². The number of benzene rings is 2. The number of nitrogens with zero attached hydrogens (tertiary/aromatic N) is 1. The molecule has 1 N–H and O–H groups in total. The van der Waals surface area contributed by atoms with Gasteiger partial charge in [0.1, 0.15) is 0 Å². The molecule has 0 heterocycles. The fraction of sp³-hybridized carbons (Fsp3) is 0.250. The minimum Gasteiger partial charge on any atom is -0.383 e. The van der Waals surface area contributed by atoms with Gasteiger partial charge in [0.2, 0.25) is 0 Å². The maximum atomic E-state index is 6.16. The fourth-order valence-electron chi connectivity index (χ4n) is 1.98. The Hall–Kier alpha value is -1.22. The van der Waals surface area contributed by atoms with Crippen LogP contribution in [0.5, 0.6) is 0 Å².